The molecule has 3 aromatic rings. The largest absolute Gasteiger partial charge is 0.331 e. The van der Waals surface area contributed by atoms with Crippen molar-refractivity contribution in [3.63, 3.8) is 0 Å². The van der Waals surface area contributed by atoms with Crippen LogP contribution in [0.1, 0.15) is 40.2 Å². The Kier molecular flexibility index (Phi) is 5.16. The van der Waals surface area contributed by atoms with Crippen molar-refractivity contribution in [2.45, 2.75) is 33.2 Å². The predicted molar refractivity (Wildman–Crippen MR) is 113 cm³/mol. The molecule has 148 valence electrons. The third-order valence-electron chi connectivity index (χ3n) is 5.32. The highest BCUT2D eigenvalue weighted by Crippen LogP contribution is 2.28. The molecule has 1 fully saturated rings. The number of nitrogens with one attached hydrogen (secondary N) is 1. The molecule has 2 aromatic carbocycles. The van der Waals surface area contributed by atoms with Gasteiger partial charge in [0.2, 0.25) is 5.91 Å². The minimum atomic E-state index is -0.169. The van der Waals surface area contributed by atoms with Crippen LogP contribution in [0, 0.1) is 13.8 Å². The molecule has 0 spiro atoms. The number of imidazole rings is 1. The standard InChI is InChI=1S/C23H24N4O2/c1-16-5-10-20(14-21(16)27-12-3-4-22(27)28)25-23(29)19-8-6-18(7-9-19)15-26-13-11-24-17(26)2/h5-11,13-14H,3-4,12,15H2,1-2H3,(H,25,29). The van der Waals surface area contributed by atoms with Gasteiger partial charge in [-0.05, 0) is 55.7 Å². The monoisotopic (exact) mass is 388 g/mol. The maximum absolute atomic E-state index is 12.7. The first-order valence-electron chi connectivity index (χ1n) is 9.80. The zero-order valence-corrected chi connectivity index (χ0v) is 16.7. The molecule has 1 N–H and O–H groups in total. The van der Waals surface area contributed by atoms with Crippen molar-refractivity contribution < 1.29 is 9.59 Å². The highest BCUT2D eigenvalue weighted by atomic mass is 16.2. The smallest absolute Gasteiger partial charge is 0.255 e. The van der Waals surface area contributed by atoms with Gasteiger partial charge in [0.1, 0.15) is 5.82 Å². The van der Waals surface area contributed by atoms with Crippen LogP contribution in [0.5, 0.6) is 0 Å². The molecule has 0 saturated carbocycles. The van der Waals surface area contributed by atoms with E-state index in [0.717, 1.165) is 42.1 Å². The lowest BCUT2D eigenvalue weighted by atomic mass is 10.1. The van der Waals surface area contributed by atoms with E-state index < -0.39 is 0 Å². The topological polar surface area (TPSA) is 67.2 Å². The maximum Gasteiger partial charge on any atom is 0.255 e. The van der Waals surface area contributed by atoms with E-state index in [2.05, 4.69) is 14.9 Å². The fourth-order valence-electron chi connectivity index (χ4n) is 3.61. The van der Waals surface area contributed by atoms with Crippen LogP contribution in [-0.4, -0.2) is 27.9 Å². The summed E-state index contributed by atoms with van der Waals surface area (Å²) in [5.41, 5.74) is 4.28. The number of anilines is 2. The second-order valence-corrected chi connectivity index (χ2v) is 7.40. The highest BCUT2D eigenvalue weighted by molar-refractivity contribution is 6.05. The number of hydrogen-bond donors (Lipinski definition) is 1. The first kappa shape index (κ1) is 18.9. The molecule has 0 unspecified atom stereocenters. The Morgan fingerprint density at radius 3 is 2.59 bits per heavy atom. The van der Waals surface area contributed by atoms with Gasteiger partial charge in [-0.2, -0.15) is 0 Å². The van der Waals surface area contributed by atoms with E-state index in [0.29, 0.717) is 17.7 Å². The lowest BCUT2D eigenvalue weighted by Gasteiger charge is -2.19. The third-order valence-corrected chi connectivity index (χ3v) is 5.32. The molecule has 0 bridgehead atoms. The Hall–Kier alpha value is -3.41. The van der Waals surface area contributed by atoms with Gasteiger partial charge in [-0.3, -0.25) is 9.59 Å². The van der Waals surface area contributed by atoms with Crippen LogP contribution in [0.3, 0.4) is 0 Å². The van der Waals surface area contributed by atoms with Crippen LogP contribution in [0.2, 0.25) is 0 Å². The number of rotatable bonds is 5. The predicted octanol–water partition coefficient (Wildman–Crippen LogP) is 3.93. The summed E-state index contributed by atoms with van der Waals surface area (Å²) >= 11 is 0. The highest BCUT2D eigenvalue weighted by Gasteiger charge is 2.23. The van der Waals surface area contributed by atoms with Crippen LogP contribution in [-0.2, 0) is 11.3 Å². The average molecular weight is 388 g/mol. The summed E-state index contributed by atoms with van der Waals surface area (Å²) in [7, 11) is 0. The van der Waals surface area contributed by atoms with E-state index in [9.17, 15) is 9.59 Å². The Balaban J connectivity index is 1.46. The zero-order valence-electron chi connectivity index (χ0n) is 16.7. The molecule has 4 rings (SSSR count). The van der Waals surface area contributed by atoms with Gasteiger partial charge in [0.05, 0.1) is 0 Å². The van der Waals surface area contributed by atoms with Crippen LogP contribution in [0.15, 0.2) is 54.9 Å². The molecule has 1 saturated heterocycles. The van der Waals surface area contributed by atoms with Crippen molar-refractivity contribution in [1.29, 1.82) is 0 Å². The number of carbonyl (C=O) groups is 2. The van der Waals surface area contributed by atoms with Crippen molar-refractivity contribution in [1.82, 2.24) is 9.55 Å². The molecule has 6 nitrogen and oxygen atoms in total. The van der Waals surface area contributed by atoms with Crippen molar-refractivity contribution >= 4 is 23.2 Å². The van der Waals surface area contributed by atoms with Crippen molar-refractivity contribution in [3.05, 3.63) is 77.4 Å². The van der Waals surface area contributed by atoms with E-state index in [1.165, 1.54) is 0 Å². The number of carbonyl (C=O) groups excluding carboxylic acids is 2. The minimum Gasteiger partial charge on any atom is -0.331 e. The summed E-state index contributed by atoms with van der Waals surface area (Å²) in [6, 6.07) is 13.3. The summed E-state index contributed by atoms with van der Waals surface area (Å²) in [6.45, 7) is 5.40. The number of nitrogens with zero attached hydrogens (tertiary/aromatic N) is 3. The molecule has 1 aliphatic rings. The van der Waals surface area contributed by atoms with Crippen LogP contribution in [0.4, 0.5) is 11.4 Å². The molecular formula is C23H24N4O2. The van der Waals surface area contributed by atoms with Crippen LogP contribution >= 0.6 is 0 Å². The van der Waals surface area contributed by atoms with Crippen molar-refractivity contribution in [3.8, 4) is 0 Å². The molecule has 2 heterocycles. The summed E-state index contributed by atoms with van der Waals surface area (Å²) in [6.07, 6.45) is 5.18. The fraction of sp³-hybridized carbons (Fsp3) is 0.261. The fourth-order valence-corrected chi connectivity index (χ4v) is 3.61. The summed E-state index contributed by atoms with van der Waals surface area (Å²) in [5.74, 6) is 0.927. The Bertz CT molecular complexity index is 1050. The molecule has 29 heavy (non-hydrogen) atoms. The maximum atomic E-state index is 12.7. The third kappa shape index (κ3) is 4.06. The molecule has 0 atom stereocenters. The Morgan fingerprint density at radius 2 is 1.93 bits per heavy atom. The van der Waals surface area contributed by atoms with E-state index in [1.54, 1.807) is 11.1 Å². The summed E-state index contributed by atoms with van der Waals surface area (Å²) < 4.78 is 2.06. The summed E-state index contributed by atoms with van der Waals surface area (Å²) in [4.78, 5) is 30.8. The Morgan fingerprint density at radius 1 is 1.14 bits per heavy atom. The van der Waals surface area contributed by atoms with Gasteiger partial charge < -0.3 is 14.8 Å². The number of hydrogen-bond acceptors (Lipinski definition) is 3. The second kappa shape index (κ2) is 7.91. The van der Waals surface area contributed by atoms with Gasteiger partial charge >= 0.3 is 0 Å². The first-order valence-corrected chi connectivity index (χ1v) is 9.80. The normalized spacial score (nSPS) is 13.7. The van der Waals surface area contributed by atoms with Gasteiger partial charge in [-0.15, -0.1) is 0 Å². The van der Waals surface area contributed by atoms with Crippen LogP contribution < -0.4 is 10.2 Å². The van der Waals surface area contributed by atoms with E-state index >= 15 is 0 Å². The molecular weight excluding hydrogens is 364 g/mol. The van der Waals surface area contributed by atoms with E-state index in [4.69, 9.17) is 0 Å². The Labute approximate surface area is 170 Å². The average Bonchev–Trinajstić information content (AvgIpc) is 3.32. The van der Waals surface area contributed by atoms with E-state index in [-0.39, 0.29) is 11.8 Å². The van der Waals surface area contributed by atoms with E-state index in [1.807, 2.05) is 62.5 Å². The summed E-state index contributed by atoms with van der Waals surface area (Å²) in [5, 5.41) is 2.95. The second-order valence-electron chi connectivity index (χ2n) is 7.40. The van der Waals surface area contributed by atoms with Gasteiger partial charge in [0.15, 0.2) is 0 Å². The number of amides is 2. The van der Waals surface area contributed by atoms with Gasteiger partial charge in [0.25, 0.3) is 5.91 Å². The number of benzene rings is 2. The molecule has 1 aliphatic heterocycles. The molecule has 6 heteroatoms. The minimum absolute atomic E-state index is 0.139. The SMILES string of the molecule is Cc1ccc(NC(=O)c2ccc(Cn3ccnc3C)cc2)cc1N1CCCC1=O. The van der Waals surface area contributed by atoms with Gasteiger partial charge in [0, 0.05) is 48.8 Å². The van der Waals surface area contributed by atoms with Crippen LogP contribution in [0.25, 0.3) is 0 Å². The molecule has 2 amide bonds. The molecule has 0 radical (unpaired) electrons. The molecule has 0 aliphatic carbocycles. The van der Waals surface area contributed by atoms with Crippen molar-refractivity contribution in [2.75, 3.05) is 16.8 Å². The zero-order chi connectivity index (χ0) is 20.4. The first-order chi connectivity index (χ1) is 14.0. The van der Waals surface area contributed by atoms with Crippen molar-refractivity contribution in [2.24, 2.45) is 0 Å². The van der Waals surface area contributed by atoms with Gasteiger partial charge in [-0.1, -0.05) is 18.2 Å². The molecule has 1 aromatic heterocycles. The lowest BCUT2D eigenvalue weighted by Crippen LogP contribution is -2.24. The number of aryl methyl sites for hydroxylation is 2. The quantitative estimate of drug-likeness (QED) is 0.720. The van der Waals surface area contributed by atoms with Gasteiger partial charge in [-0.25, -0.2) is 4.98 Å². The lowest BCUT2D eigenvalue weighted by molar-refractivity contribution is -0.117. The number of aromatic nitrogens is 2.